The van der Waals surface area contributed by atoms with E-state index in [0.717, 1.165) is 64.0 Å². The number of nitrogens with one attached hydrogen (secondary N) is 1. The van der Waals surface area contributed by atoms with Crippen LogP contribution >= 0.6 is 35.6 Å². The summed E-state index contributed by atoms with van der Waals surface area (Å²) in [6.45, 7) is 14.7. The number of morpholine rings is 1. The number of guanidine groups is 1. The average Bonchev–Trinajstić information content (AvgIpc) is 3.14. The van der Waals surface area contributed by atoms with E-state index in [0.29, 0.717) is 17.5 Å². The lowest BCUT2D eigenvalue weighted by Crippen LogP contribution is -2.43. The molecule has 0 spiro atoms. The van der Waals surface area contributed by atoms with Crippen LogP contribution < -0.4 is 5.32 Å². The Hall–Kier alpha value is -0.640. The van der Waals surface area contributed by atoms with Gasteiger partial charge in [0.2, 0.25) is 0 Å². The number of hydrogen-bond acceptors (Lipinski definition) is 3. The smallest absolute Gasteiger partial charge is 0.193 e. The van der Waals surface area contributed by atoms with Crippen molar-refractivity contribution in [3.8, 4) is 0 Å². The van der Waals surface area contributed by atoms with Gasteiger partial charge in [-0.3, -0.25) is 9.89 Å². The molecule has 0 bridgehead atoms. The number of likely N-dealkylation sites (tertiary alicyclic amines) is 1. The van der Waals surface area contributed by atoms with Crippen LogP contribution in [0.2, 0.25) is 5.02 Å². The predicted molar refractivity (Wildman–Crippen MR) is 133 cm³/mol. The van der Waals surface area contributed by atoms with Crippen molar-refractivity contribution in [1.82, 2.24) is 15.1 Å². The Morgan fingerprint density at radius 3 is 2.70 bits per heavy atom. The third kappa shape index (κ3) is 6.93. The third-order valence-electron chi connectivity index (χ3n) is 5.82. The molecule has 8 heteroatoms. The summed E-state index contributed by atoms with van der Waals surface area (Å²) < 4.78 is 18.9. The highest BCUT2D eigenvalue weighted by Gasteiger charge is 2.28. The minimum atomic E-state index is -0.310. The zero-order chi connectivity index (χ0) is 20.9. The van der Waals surface area contributed by atoms with Gasteiger partial charge in [-0.05, 0) is 37.0 Å². The van der Waals surface area contributed by atoms with Gasteiger partial charge in [-0.1, -0.05) is 31.5 Å². The number of nitrogens with zero attached hydrogens (tertiary/aromatic N) is 3. The minimum absolute atomic E-state index is 0. The normalized spacial score (nSPS) is 20.9. The Morgan fingerprint density at radius 1 is 1.30 bits per heavy atom. The zero-order valence-corrected chi connectivity index (χ0v) is 21.4. The van der Waals surface area contributed by atoms with Crippen LogP contribution in [0.5, 0.6) is 0 Å². The molecule has 3 rings (SSSR count). The molecule has 0 aliphatic carbocycles. The first-order chi connectivity index (χ1) is 13.9. The summed E-state index contributed by atoms with van der Waals surface area (Å²) in [5.41, 5.74) is 0.644. The van der Waals surface area contributed by atoms with Crippen molar-refractivity contribution in [2.24, 2.45) is 10.9 Å². The molecule has 5 nitrogen and oxygen atoms in total. The van der Waals surface area contributed by atoms with Gasteiger partial charge in [0.05, 0.1) is 19.8 Å². The van der Waals surface area contributed by atoms with Gasteiger partial charge in [0, 0.05) is 49.7 Å². The second-order valence-corrected chi connectivity index (χ2v) is 9.10. The van der Waals surface area contributed by atoms with Crippen molar-refractivity contribution < 1.29 is 9.13 Å². The molecule has 1 aromatic rings. The van der Waals surface area contributed by atoms with E-state index in [1.54, 1.807) is 6.07 Å². The van der Waals surface area contributed by atoms with Gasteiger partial charge in [-0.25, -0.2) is 4.39 Å². The molecule has 2 heterocycles. The first-order valence-corrected chi connectivity index (χ1v) is 11.1. The molecule has 1 aromatic carbocycles. The van der Waals surface area contributed by atoms with Crippen molar-refractivity contribution in [2.45, 2.75) is 32.6 Å². The summed E-state index contributed by atoms with van der Waals surface area (Å²) in [4.78, 5) is 9.82. The van der Waals surface area contributed by atoms with E-state index in [-0.39, 0.29) is 35.2 Å². The molecule has 1 atom stereocenters. The maximum Gasteiger partial charge on any atom is 0.193 e. The van der Waals surface area contributed by atoms with Crippen molar-refractivity contribution >= 4 is 41.5 Å². The van der Waals surface area contributed by atoms with Gasteiger partial charge in [-0.15, -0.1) is 24.0 Å². The maximum absolute atomic E-state index is 13.4. The van der Waals surface area contributed by atoms with Gasteiger partial charge in [-0.2, -0.15) is 0 Å². The fourth-order valence-corrected chi connectivity index (χ4v) is 4.57. The van der Waals surface area contributed by atoms with Crippen LogP contribution in [-0.4, -0.2) is 74.8 Å². The molecule has 30 heavy (non-hydrogen) atoms. The lowest BCUT2D eigenvalue weighted by atomic mass is 9.84. The second-order valence-electron chi connectivity index (χ2n) is 8.69. The number of benzene rings is 1. The van der Waals surface area contributed by atoms with Crippen molar-refractivity contribution in [3.63, 3.8) is 0 Å². The van der Waals surface area contributed by atoms with Gasteiger partial charge in [0.1, 0.15) is 5.82 Å². The lowest BCUT2D eigenvalue weighted by molar-refractivity contribution is 0.0315. The fraction of sp³-hybridized carbons (Fsp3) is 0.682. The van der Waals surface area contributed by atoms with Crippen LogP contribution in [-0.2, 0) is 10.2 Å². The van der Waals surface area contributed by atoms with E-state index in [2.05, 4.69) is 35.9 Å². The van der Waals surface area contributed by atoms with Crippen LogP contribution in [0, 0.1) is 11.7 Å². The third-order valence-corrected chi connectivity index (χ3v) is 6.14. The Balaban J connectivity index is 0.00000320. The Labute approximate surface area is 202 Å². The van der Waals surface area contributed by atoms with Crippen molar-refractivity contribution in [3.05, 3.63) is 34.6 Å². The standard InChI is InChI=1S/C22H34ClFN4O.HI/c1-4-25-21(26-16-22(2,3)19-6-5-18(24)13-20(19)23)28-8-7-17(15-28)14-27-9-11-29-12-10-27;/h5-6,13,17H,4,7-12,14-16H2,1-3H3,(H,25,26);1H. The van der Waals surface area contributed by atoms with E-state index < -0.39 is 0 Å². The maximum atomic E-state index is 13.4. The van der Waals surface area contributed by atoms with Gasteiger partial charge in [0.25, 0.3) is 0 Å². The monoisotopic (exact) mass is 552 g/mol. The Kier molecular flexibility index (Phi) is 10.1. The second kappa shape index (κ2) is 11.8. The summed E-state index contributed by atoms with van der Waals surface area (Å²) >= 11 is 6.30. The van der Waals surface area contributed by atoms with E-state index >= 15 is 0 Å². The zero-order valence-electron chi connectivity index (χ0n) is 18.3. The molecule has 1 unspecified atom stereocenters. The number of aliphatic imine (C=N–C) groups is 1. The predicted octanol–water partition coefficient (Wildman–Crippen LogP) is 3.99. The van der Waals surface area contributed by atoms with E-state index in [1.807, 2.05) is 0 Å². The quantitative estimate of drug-likeness (QED) is 0.329. The van der Waals surface area contributed by atoms with E-state index in [1.165, 1.54) is 18.6 Å². The number of halogens is 3. The SMILES string of the molecule is CCNC(=NCC(C)(C)c1ccc(F)cc1Cl)N1CCC(CN2CCOCC2)C1.I. The van der Waals surface area contributed by atoms with Crippen LogP contribution in [0.1, 0.15) is 32.8 Å². The number of rotatable bonds is 6. The molecule has 0 saturated carbocycles. The molecule has 1 N–H and O–H groups in total. The molecule has 2 aliphatic heterocycles. The van der Waals surface area contributed by atoms with Crippen LogP contribution in [0.4, 0.5) is 4.39 Å². The fourth-order valence-electron chi connectivity index (χ4n) is 4.14. The molecule has 2 aliphatic rings. The lowest BCUT2D eigenvalue weighted by Gasteiger charge is -2.29. The summed E-state index contributed by atoms with van der Waals surface area (Å²) in [5, 5.41) is 3.91. The Morgan fingerprint density at radius 2 is 2.03 bits per heavy atom. The molecule has 2 saturated heterocycles. The summed E-state index contributed by atoms with van der Waals surface area (Å²) in [6, 6.07) is 4.62. The number of hydrogen-bond donors (Lipinski definition) is 1. The molecule has 0 aromatic heterocycles. The topological polar surface area (TPSA) is 40.1 Å². The molecule has 0 radical (unpaired) electrons. The van der Waals surface area contributed by atoms with E-state index in [9.17, 15) is 4.39 Å². The highest BCUT2D eigenvalue weighted by molar-refractivity contribution is 14.0. The van der Waals surface area contributed by atoms with Crippen LogP contribution in [0.25, 0.3) is 0 Å². The molecule has 2 fully saturated rings. The molecule has 170 valence electrons. The summed E-state index contributed by atoms with van der Waals surface area (Å²) in [5.74, 6) is 1.31. The summed E-state index contributed by atoms with van der Waals surface area (Å²) in [6.07, 6.45) is 1.19. The molecule has 0 amide bonds. The van der Waals surface area contributed by atoms with Crippen molar-refractivity contribution in [1.29, 1.82) is 0 Å². The summed E-state index contributed by atoms with van der Waals surface area (Å²) in [7, 11) is 0. The first-order valence-electron chi connectivity index (χ1n) is 10.7. The van der Waals surface area contributed by atoms with Crippen LogP contribution in [0.3, 0.4) is 0 Å². The van der Waals surface area contributed by atoms with Gasteiger partial charge < -0.3 is 15.0 Å². The van der Waals surface area contributed by atoms with Gasteiger partial charge >= 0.3 is 0 Å². The van der Waals surface area contributed by atoms with Gasteiger partial charge in [0.15, 0.2) is 5.96 Å². The highest BCUT2D eigenvalue weighted by atomic mass is 127. The molecular formula is C22H35ClFIN4O. The van der Waals surface area contributed by atoms with Crippen LogP contribution in [0.15, 0.2) is 23.2 Å². The molecular weight excluding hydrogens is 518 g/mol. The number of ether oxygens (including phenoxy) is 1. The minimum Gasteiger partial charge on any atom is -0.379 e. The first kappa shape index (κ1) is 25.6. The highest BCUT2D eigenvalue weighted by Crippen LogP contribution is 2.31. The average molecular weight is 553 g/mol. The largest absolute Gasteiger partial charge is 0.379 e. The Bertz CT molecular complexity index is 712. The van der Waals surface area contributed by atoms with Crippen molar-refractivity contribution in [2.75, 3.05) is 59.0 Å². The van der Waals surface area contributed by atoms with E-state index in [4.69, 9.17) is 21.3 Å².